The van der Waals surface area contributed by atoms with Gasteiger partial charge in [0.05, 0.1) is 12.6 Å². The van der Waals surface area contributed by atoms with Gasteiger partial charge in [-0.15, -0.1) is 0 Å². The zero-order valence-electron chi connectivity index (χ0n) is 31.3. The van der Waals surface area contributed by atoms with E-state index < -0.39 is 18.5 Å². The van der Waals surface area contributed by atoms with Crippen molar-refractivity contribution in [1.29, 1.82) is 0 Å². The number of benzene rings is 7. The van der Waals surface area contributed by atoms with Crippen molar-refractivity contribution in [3.05, 3.63) is 216 Å². The van der Waals surface area contributed by atoms with Gasteiger partial charge in [0.1, 0.15) is 17.1 Å². The second kappa shape index (κ2) is 18.7. The summed E-state index contributed by atoms with van der Waals surface area (Å²) in [6.07, 6.45) is 0. The van der Waals surface area contributed by atoms with Crippen LogP contribution in [0.5, 0.6) is 11.5 Å². The molecule has 1 heterocycles. The Bertz CT molecular complexity index is 2550. The van der Waals surface area contributed by atoms with Gasteiger partial charge in [0, 0.05) is 106 Å². The van der Waals surface area contributed by atoms with E-state index in [4.69, 9.17) is 4.74 Å². The van der Waals surface area contributed by atoms with Crippen molar-refractivity contribution in [3.8, 4) is 11.5 Å². The summed E-state index contributed by atoms with van der Waals surface area (Å²) in [6.45, 7) is 0. The van der Waals surface area contributed by atoms with Crippen LogP contribution in [0.2, 0.25) is 0 Å². The first kappa shape index (κ1) is 41.3. The molecule has 1 aromatic heterocycles. The third-order valence-electron chi connectivity index (χ3n) is 9.58. The maximum absolute atomic E-state index is 13.8. The molecule has 0 aliphatic rings. The topological polar surface area (TPSA) is 88.8 Å². The maximum atomic E-state index is 13.8. The average Bonchev–Trinajstić information content (AvgIpc) is 3.27. The van der Waals surface area contributed by atoms with Crippen LogP contribution < -0.4 is 31.1 Å². The molecule has 0 amide bonds. The summed E-state index contributed by atoms with van der Waals surface area (Å²) in [5.74, 6) is -0.323. The Morgan fingerprint density at radius 3 is 1.42 bits per heavy atom. The van der Waals surface area contributed by atoms with Crippen LogP contribution in [-0.2, 0) is 11.6 Å². The Morgan fingerprint density at radius 2 is 1.00 bits per heavy atom. The summed E-state index contributed by atoms with van der Waals surface area (Å²) in [7, 11) is 0.319. The molecule has 7 nitrogen and oxygen atoms in total. The van der Waals surface area contributed by atoms with Crippen molar-refractivity contribution in [2.24, 2.45) is 7.05 Å². The molecule has 8 aromatic rings. The minimum Gasteiger partial charge on any atom is -0.506 e. The monoisotopic (exact) mass is 907 g/mol. The smallest absolute Gasteiger partial charge is 0.265 e. The number of rotatable bonds is 9. The number of aromatic hydroxyl groups is 1. The Hall–Kier alpha value is -5.37. The van der Waals surface area contributed by atoms with E-state index in [1.807, 2.05) is 164 Å². The molecule has 0 bridgehead atoms. The Kier molecular flexibility index (Phi) is 13.6. The summed E-state index contributed by atoms with van der Waals surface area (Å²) in [5.41, 5.74) is 2.75. The van der Waals surface area contributed by atoms with Crippen LogP contribution in [0.4, 0.5) is 17.1 Å². The summed E-state index contributed by atoms with van der Waals surface area (Å²) in [4.78, 5) is 28.6. The Labute approximate surface area is 372 Å². The van der Waals surface area contributed by atoms with Crippen LogP contribution in [0.15, 0.2) is 199 Å². The second-order valence-corrected chi connectivity index (χ2v) is 15.7. The number of hydrogen-bond donors (Lipinski definition) is 1. The van der Waals surface area contributed by atoms with Gasteiger partial charge >= 0.3 is 0 Å². The molecule has 0 atom stereocenters. The molecule has 0 saturated heterocycles. The van der Waals surface area contributed by atoms with E-state index in [0.717, 1.165) is 33.0 Å². The molecule has 0 unspecified atom stereocenters. The summed E-state index contributed by atoms with van der Waals surface area (Å²) in [5, 5.41) is 13.9. The van der Waals surface area contributed by atoms with Gasteiger partial charge in [-0.2, -0.15) is 0 Å². The summed E-state index contributed by atoms with van der Waals surface area (Å²) >= 11 is 0. The van der Waals surface area contributed by atoms with Gasteiger partial charge in [-0.3, -0.25) is 9.59 Å². The van der Waals surface area contributed by atoms with Crippen LogP contribution >= 0.6 is 7.14 Å². The summed E-state index contributed by atoms with van der Waals surface area (Å²) in [6, 6.07) is 61.0. The minimum absolute atomic E-state index is 0. The van der Waals surface area contributed by atoms with E-state index in [-0.39, 0.29) is 60.7 Å². The molecule has 1 N–H and O–H groups in total. The molecule has 57 heavy (non-hydrogen) atoms. The zero-order chi connectivity index (χ0) is 39.1. The van der Waals surface area contributed by atoms with E-state index in [9.17, 15) is 19.3 Å². The molecule has 7 aromatic carbocycles. The van der Waals surface area contributed by atoms with E-state index in [0.29, 0.717) is 22.2 Å². The molecular formula is C48H39EuN2O5P. The zero-order valence-corrected chi connectivity index (χ0v) is 34.6. The van der Waals surface area contributed by atoms with Crippen LogP contribution in [0, 0.1) is 49.4 Å². The number of hydrogen-bond acceptors (Lipinski definition) is 6. The van der Waals surface area contributed by atoms with Gasteiger partial charge in [-0.05, 0) is 60.7 Å². The number of aryl methyl sites for hydroxylation is 1. The van der Waals surface area contributed by atoms with Gasteiger partial charge in [0.2, 0.25) is 5.78 Å². The van der Waals surface area contributed by atoms with Crippen LogP contribution in [0.3, 0.4) is 0 Å². The maximum Gasteiger partial charge on any atom is 0.265 e. The molecule has 283 valence electrons. The van der Waals surface area contributed by atoms with Crippen molar-refractivity contribution in [2.45, 2.75) is 0 Å². The predicted octanol–water partition coefficient (Wildman–Crippen LogP) is 9.28. The Balaban J connectivity index is 0.000000221. The minimum atomic E-state index is -2.78. The number of pyridine rings is 1. The molecule has 1 radical (unpaired) electrons. The third-order valence-corrected chi connectivity index (χ3v) is 12.7. The quantitative estimate of drug-likeness (QED) is 0.115. The van der Waals surface area contributed by atoms with Gasteiger partial charge < -0.3 is 23.9 Å². The molecule has 0 aliphatic heterocycles. The molecule has 0 fully saturated rings. The van der Waals surface area contributed by atoms with Crippen molar-refractivity contribution in [1.82, 2.24) is 4.57 Å². The average molecular weight is 907 g/mol. The van der Waals surface area contributed by atoms with E-state index >= 15 is 0 Å². The number of ketones is 1. The molecule has 0 spiro atoms. The van der Waals surface area contributed by atoms with Crippen LogP contribution in [-0.4, -0.2) is 22.6 Å². The number of ether oxygens (including phenoxy) is 1. The Morgan fingerprint density at radius 1 is 0.596 bits per heavy atom. The fourth-order valence-corrected chi connectivity index (χ4v) is 9.37. The number of carbonyl (C=O) groups excluding carboxylic acids is 1. The number of nitrogens with zero attached hydrogens (tertiary/aromatic N) is 2. The first-order valence-corrected chi connectivity index (χ1v) is 19.7. The van der Waals surface area contributed by atoms with Gasteiger partial charge in [0.25, 0.3) is 5.56 Å². The second-order valence-electron chi connectivity index (χ2n) is 13.0. The normalized spacial score (nSPS) is 10.8. The number of para-hydroxylation sites is 2. The number of carbonyl (C=O) groups is 1. The van der Waals surface area contributed by atoms with Crippen molar-refractivity contribution >= 4 is 56.8 Å². The van der Waals surface area contributed by atoms with Crippen molar-refractivity contribution in [2.75, 3.05) is 12.0 Å². The first-order chi connectivity index (χ1) is 27.3. The fraction of sp³-hybridized carbons (Fsp3) is 0.0417. The SMILES string of the molecule is COc1ccc2c(O)c(C(=O)c3ccc(N(c4ccccc4)c4ccccc4)cc3)c(=O)n(C)c2c1.O=P(c1ccccc1)(c1ccccc1)c1ccccc1.[Eu]. The first-order valence-electron chi connectivity index (χ1n) is 18.0. The number of methoxy groups -OCH3 is 1. The predicted molar refractivity (Wildman–Crippen MR) is 228 cm³/mol. The number of fused-ring (bicyclic) bond motifs is 1. The van der Waals surface area contributed by atoms with Gasteiger partial charge in [-0.1, -0.05) is 127 Å². The largest absolute Gasteiger partial charge is 0.506 e. The fourth-order valence-electron chi connectivity index (χ4n) is 6.70. The van der Waals surface area contributed by atoms with Crippen molar-refractivity contribution in [3.63, 3.8) is 0 Å². The van der Waals surface area contributed by atoms with E-state index in [1.54, 1.807) is 37.4 Å². The third kappa shape index (κ3) is 8.65. The molecule has 0 saturated carbocycles. The van der Waals surface area contributed by atoms with Crippen molar-refractivity contribution < 1.29 is 68.6 Å². The number of anilines is 3. The summed E-state index contributed by atoms with van der Waals surface area (Å²) < 4.78 is 20.4. The molecule has 9 heteroatoms. The van der Waals surface area contributed by atoms with Crippen LogP contribution in [0.1, 0.15) is 15.9 Å². The van der Waals surface area contributed by atoms with Gasteiger partial charge in [0.15, 0.2) is 7.14 Å². The van der Waals surface area contributed by atoms with E-state index in [1.165, 1.54) is 11.7 Å². The number of aromatic nitrogens is 1. The van der Waals surface area contributed by atoms with E-state index in [2.05, 4.69) is 4.90 Å². The molecule has 0 aliphatic carbocycles. The molecular weight excluding hydrogens is 867 g/mol. The molecule has 8 rings (SSSR count). The van der Waals surface area contributed by atoms with Gasteiger partial charge in [-0.25, -0.2) is 0 Å². The standard InChI is InChI=1S/C30H24N2O4.C18H15OP.Eu/c1-31-26-19-24(36-2)17-18-25(26)29(34)27(30(31)35)28(33)20-13-15-23(16-14-20)32(21-9-5-3-6-10-21)22-11-7-4-8-12-22;19-20(16-10-4-1-5-11-16,17-12-6-2-7-13-17)18-14-8-3-9-15-18;/h3-19,34H,1-2H3;1-15H;. The van der Waals surface area contributed by atoms with Crippen LogP contribution in [0.25, 0.3) is 10.9 Å².